The third-order valence-corrected chi connectivity index (χ3v) is 4.63. The maximum Gasteiger partial charge on any atom is 0.294 e. The molecule has 1 N–H and O–H groups in total. The topological polar surface area (TPSA) is 53.7 Å². The number of hydrogen-bond acceptors (Lipinski definition) is 3. The van der Waals surface area contributed by atoms with Crippen LogP contribution in [0.25, 0.3) is 0 Å². The smallest absolute Gasteiger partial charge is 0.294 e. The van der Waals surface area contributed by atoms with Gasteiger partial charge in [0.1, 0.15) is 5.76 Å². The molecule has 4 heteroatoms. The molecule has 1 atom stereocenters. The van der Waals surface area contributed by atoms with E-state index < -0.39 is 6.10 Å². The van der Waals surface area contributed by atoms with Gasteiger partial charge in [-0.3, -0.25) is 4.79 Å². The summed E-state index contributed by atoms with van der Waals surface area (Å²) < 4.78 is 5.90. The second-order valence-corrected chi connectivity index (χ2v) is 7.15. The van der Waals surface area contributed by atoms with Gasteiger partial charge in [-0.15, -0.1) is 0 Å². The Morgan fingerprint density at radius 2 is 1.96 bits per heavy atom. The van der Waals surface area contributed by atoms with Gasteiger partial charge in [0.2, 0.25) is 0 Å². The largest absolute Gasteiger partial charge is 0.455 e. The van der Waals surface area contributed by atoms with Gasteiger partial charge in [-0.25, -0.2) is 0 Å². The molecule has 0 radical (unpaired) electrons. The molecule has 1 aliphatic rings. The fourth-order valence-corrected chi connectivity index (χ4v) is 3.41. The fourth-order valence-electron chi connectivity index (χ4n) is 3.41. The fraction of sp³-hybridized carbons (Fsp3) is 0.421. The Bertz CT molecular complexity index is 731. The Morgan fingerprint density at radius 1 is 1.30 bits per heavy atom. The van der Waals surface area contributed by atoms with E-state index in [-0.39, 0.29) is 11.3 Å². The predicted octanol–water partition coefficient (Wildman–Crippen LogP) is 3.87. The summed E-state index contributed by atoms with van der Waals surface area (Å²) in [5.41, 5.74) is 2.35. The number of benzene rings is 1. The molecule has 23 heavy (non-hydrogen) atoms. The number of aliphatic hydroxyl groups is 1. The number of hydrogen-bond donors (Lipinski definition) is 1. The van der Waals surface area contributed by atoms with Crippen LogP contribution in [0.5, 0.6) is 0 Å². The quantitative estimate of drug-likeness (QED) is 0.915. The van der Waals surface area contributed by atoms with Crippen LogP contribution in [0.4, 0.5) is 5.69 Å². The lowest BCUT2D eigenvalue weighted by molar-refractivity contribution is 0.0903. The van der Waals surface area contributed by atoms with Gasteiger partial charge in [0.15, 0.2) is 5.76 Å². The van der Waals surface area contributed by atoms with Crippen LogP contribution in [0.15, 0.2) is 34.7 Å². The maximum atomic E-state index is 12.8. The molecule has 0 fully saturated rings. The number of amides is 1. The van der Waals surface area contributed by atoms with E-state index in [0.717, 1.165) is 29.0 Å². The van der Waals surface area contributed by atoms with E-state index in [1.807, 2.05) is 37.3 Å². The van der Waals surface area contributed by atoms with Crippen molar-refractivity contribution in [3.8, 4) is 0 Å². The molecule has 1 aliphatic carbocycles. The molecule has 0 aliphatic heterocycles. The molecule has 1 amide bonds. The number of carbonyl (C=O) groups is 1. The molecule has 122 valence electrons. The summed E-state index contributed by atoms with van der Waals surface area (Å²) in [7, 11) is 1.74. The molecule has 1 aromatic heterocycles. The van der Waals surface area contributed by atoms with Gasteiger partial charge in [-0.2, -0.15) is 0 Å². The second kappa shape index (κ2) is 5.53. The molecule has 1 heterocycles. The highest BCUT2D eigenvalue weighted by molar-refractivity contribution is 6.05. The molecule has 0 unspecified atom stereocenters. The zero-order chi connectivity index (χ0) is 16.8. The van der Waals surface area contributed by atoms with Crippen molar-refractivity contribution < 1.29 is 14.3 Å². The van der Waals surface area contributed by atoms with E-state index in [4.69, 9.17) is 4.42 Å². The van der Waals surface area contributed by atoms with Crippen LogP contribution in [0.2, 0.25) is 0 Å². The summed E-state index contributed by atoms with van der Waals surface area (Å²) in [4.78, 5) is 14.4. The van der Waals surface area contributed by atoms with Crippen LogP contribution in [0.3, 0.4) is 0 Å². The first-order valence-electron chi connectivity index (χ1n) is 7.93. The van der Waals surface area contributed by atoms with Gasteiger partial charge in [0.25, 0.3) is 5.91 Å². The van der Waals surface area contributed by atoms with Crippen LogP contribution in [0, 0.1) is 12.3 Å². The van der Waals surface area contributed by atoms with Crippen LogP contribution in [-0.4, -0.2) is 18.1 Å². The summed E-state index contributed by atoms with van der Waals surface area (Å²) in [5, 5.41) is 10.4. The minimum absolute atomic E-state index is 0.0254. The van der Waals surface area contributed by atoms with Gasteiger partial charge < -0.3 is 14.4 Å². The summed E-state index contributed by atoms with van der Waals surface area (Å²) in [6.45, 7) is 6.07. The number of aliphatic hydroxyl groups excluding tert-OH is 1. The molecule has 4 nitrogen and oxygen atoms in total. The van der Waals surface area contributed by atoms with Crippen molar-refractivity contribution in [1.82, 2.24) is 0 Å². The van der Waals surface area contributed by atoms with E-state index >= 15 is 0 Å². The Labute approximate surface area is 136 Å². The normalized spacial score (nSPS) is 19.3. The minimum Gasteiger partial charge on any atom is -0.455 e. The van der Waals surface area contributed by atoms with Gasteiger partial charge in [-0.1, -0.05) is 32.0 Å². The first-order valence-corrected chi connectivity index (χ1v) is 7.93. The lowest BCUT2D eigenvalue weighted by Crippen LogP contribution is -2.26. The van der Waals surface area contributed by atoms with Crippen LogP contribution in [-0.2, 0) is 6.42 Å². The lowest BCUT2D eigenvalue weighted by atomic mass is 9.75. The highest BCUT2D eigenvalue weighted by Gasteiger charge is 2.37. The summed E-state index contributed by atoms with van der Waals surface area (Å²) >= 11 is 0. The van der Waals surface area contributed by atoms with Crippen molar-refractivity contribution in [3.63, 3.8) is 0 Å². The number of anilines is 1. The van der Waals surface area contributed by atoms with E-state index in [1.54, 1.807) is 11.9 Å². The Balaban J connectivity index is 1.97. The van der Waals surface area contributed by atoms with Crippen molar-refractivity contribution in [1.29, 1.82) is 0 Å². The van der Waals surface area contributed by atoms with Crippen molar-refractivity contribution in [3.05, 3.63) is 53.0 Å². The van der Waals surface area contributed by atoms with Crippen molar-refractivity contribution in [2.24, 2.45) is 5.41 Å². The first-order chi connectivity index (χ1) is 10.8. The maximum absolute atomic E-state index is 12.8. The molecular weight excluding hydrogens is 290 g/mol. The average molecular weight is 313 g/mol. The highest BCUT2D eigenvalue weighted by Crippen LogP contribution is 2.44. The standard InChI is InChI=1S/C19H23NO3/c1-12-16-14(21)10-19(2,3)11-15(16)23-17(12)18(22)20(4)13-8-6-5-7-9-13/h5-9,14,21H,10-11H2,1-4H3/t14-/m0/s1. The average Bonchev–Trinajstić information content (AvgIpc) is 2.82. The second-order valence-electron chi connectivity index (χ2n) is 7.15. The van der Waals surface area contributed by atoms with Crippen molar-refractivity contribution in [2.75, 3.05) is 11.9 Å². The molecule has 0 saturated heterocycles. The van der Waals surface area contributed by atoms with Gasteiger partial charge >= 0.3 is 0 Å². The lowest BCUT2D eigenvalue weighted by Gasteiger charge is -2.31. The molecule has 0 bridgehead atoms. The summed E-state index contributed by atoms with van der Waals surface area (Å²) in [6, 6.07) is 9.47. The first kappa shape index (κ1) is 15.8. The van der Waals surface area contributed by atoms with E-state index in [0.29, 0.717) is 12.2 Å². The molecule has 1 aromatic carbocycles. The SMILES string of the molecule is Cc1c(C(=O)N(C)c2ccccc2)oc2c1[C@@H](O)CC(C)(C)C2. The molecule has 3 rings (SSSR count). The number of para-hydroxylation sites is 1. The molecular formula is C19H23NO3. The molecule has 0 saturated carbocycles. The van der Waals surface area contributed by atoms with Gasteiger partial charge in [0.05, 0.1) is 6.10 Å². The zero-order valence-corrected chi connectivity index (χ0v) is 14.1. The van der Waals surface area contributed by atoms with E-state index in [2.05, 4.69) is 13.8 Å². The number of rotatable bonds is 2. The monoisotopic (exact) mass is 313 g/mol. The Kier molecular flexibility index (Phi) is 3.80. The summed E-state index contributed by atoms with van der Waals surface area (Å²) in [6.07, 6.45) is 0.853. The van der Waals surface area contributed by atoms with E-state index in [1.165, 1.54) is 0 Å². The van der Waals surface area contributed by atoms with Crippen LogP contribution in [0.1, 0.15) is 53.8 Å². The summed E-state index contributed by atoms with van der Waals surface area (Å²) in [5.74, 6) is 0.891. The third-order valence-electron chi connectivity index (χ3n) is 4.63. The molecule has 2 aromatic rings. The molecule has 0 spiro atoms. The Hall–Kier alpha value is -2.07. The number of furan rings is 1. The van der Waals surface area contributed by atoms with Crippen LogP contribution < -0.4 is 4.90 Å². The third kappa shape index (κ3) is 2.79. The number of nitrogens with zero attached hydrogens (tertiary/aromatic N) is 1. The Morgan fingerprint density at radius 3 is 2.61 bits per heavy atom. The number of carbonyl (C=O) groups excluding carboxylic acids is 1. The van der Waals surface area contributed by atoms with E-state index in [9.17, 15) is 9.90 Å². The predicted molar refractivity (Wildman–Crippen MR) is 89.7 cm³/mol. The highest BCUT2D eigenvalue weighted by atomic mass is 16.4. The zero-order valence-electron chi connectivity index (χ0n) is 14.1. The van der Waals surface area contributed by atoms with Crippen molar-refractivity contribution >= 4 is 11.6 Å². The van der Waals surface area contributed by atoms with Crippen LogP contribution >= 0.6 is 0 Å². The van der Waals surface area contributed by atoms with Crippen molar-refractivity contribution in [2.45, 2.75) is 39.7 Å². The van der Waals surface area contributed by atoms with Gasteiger partial charge in [-0.05, 0) is 30.9 Å². The minimum atomic E-state index is -0.568. The van der Waals surface area contributed by atoms with Gasteiger partial charge in [0, 0.05) is 30.3 Å². The number of fused-ring (bicyclic) bond motifs is 1.